The number of aliphatic carboxylic acids is 1. The highest BCUT2D eigenvalue weighted by molar-refractivity contribution is 5.69. The predicted molar refractivity (Wildman–Crippen MR) is 199 cm³/mol. The van der Waals surface area contributed by atoms with Gasteiger partial charge < -0.3 is 9.84 Å². The van der Waals surface area contributed by atoms with Crippen molar-refractivity contribution in [2.75, 3.05) is 0 Å². The third kappa shape index (κ3) is 36.4. The van der Waals surface area contributed by atoms with Crippen LogP contribution >= 0.6 is 0 Å². The summed E-state index contributed by atoms with van der Waals surface area (Å²) in [6.07, 6.45) is 49.8. The number of rotatable bonds is 35. The molecule has 0 spiro atoms. The average molecular weight is 643 g/mol. The van der Waals surface area contributed by atoms with Gasteiger partial charge in [-0.1, -0.05) is 152 Å². The van der Waals surface area contributed by atoms with Crippen molar-refractivity contribution in [3.05, 3.63) is 48.6 Å². The molecule has 0 saturated heterocycles. The van der Waals surface area contributed by atoms with Crippen LogP contribution in [-0.4, -0.2) is 23.1 Å². The molecule has 0 aliphatic rings. The lowest BCUT2D eigenvalue weighted by molar-refractivity contribution is -0.150. The van der Waals surface area contributed by atoms with Gasteiger partial charge in [-0.3, -0.25) is 9.59 Å². The summed E-state index contributed by atoms with van der Waals surface area (Å²) in [6.45, 7) is 4.51. The minimum Gasteiger partial charge on any atom is -0.481 e. The third-order valence-corrected chi connectivity index (χ3v) is 8.55. The van der Waals surface area contributed by atoms with E-state index < -0.39 is 5.97 Å². The number of allylic oxidation sites excluding steroid dienone is 8. The Morgan fingerprint density at radius 2 is 0.848 bits per heavy atom. The number of ether oxygens (including phenoxy) is 1. The predicted octanol–water partition coefficient (Wildman–Crippen LogP) is 13.6. The molecule has 0 aliphatic heterocycles. The first kappa shape index (κ1) is 43.9. The van der Waals surface area contributed by atoms with E-state index in [-0.39, 0.29) is 18.5 Å². The second-order valence-electron chi connectivity index (χ2n) is 13.1. The second kappa shape index (κ2) is 37.4. The first-order valence-electron chi connectivity index (χ1n) is 19.6. The van der Waals surface area contributed by atoms with Crippen molar-refractivity contribution in [3.8, 4) is 0 Å². The summed E-state index contributed by atoms with van der Waals surface area (Å²) in [5.74, 6) is -0.833. The molecule has 0 heterocycles. The monoisotopic (exact) mass is 643 g/mol. The summed E-state index contributed by atoms with van der Waals surface area (Å²) >= 11 is 0. The number of carboxylic acid groups (broad SMARTS) is 1. The molecule has 1 unspecified atom stereocenters. The number of carboxylic acids is 1. The molecule has 4 nitrogen and oxygen atoms in total. The van der Waals surface area contributed by atoms with E-state index in [2.05, 4.69) is 62.5 Å². The van der Waals surface area contributed by atoms with Crippen molar-refractivity contribution in [1.82, 2.24) is 0 Å². The molecule has 1 N–H and O–H groups in total. The van der Waals surface area contributed by atoms with Gasteiger partial charge in [0.15, 0.2) is 0 Å². The first-order valence-corrected chi connectivity index (χ1v) is 19.6. The van der Waals surface area contributed by atoms with Crippen molar-refractivity contribution in [2.24, 2.45) is 0 Å². The van der Waals surface area contributed by atoms with Gasteiger partial charge in [0.05, 0.1) is 0 Å². The number of unbranched alkanes of at least 4 members (excludes halogenated alkanes) is 18. The Morgan fingerprint density at radius 1 is 0.478 bits per heavy atom. The zero-order chi connectivity index (χ0) is 33.6. The number of carbonyl (C=O) groups excluding carboxylic acids is 1. The van der Waals surface area contributed by atoms with E-state index >= 15 is 0 Å². The molecular weight excluding hydrogens is 568 g/mol. The smallest absolute Gasteiger partial charge is 0.306 e. The summed E-state index contributed by atoms with van der Waals surface area (Å²) < 4.78 is 5.88. The summed E-state index contributed by atoms with van der Waals surface area (Å²) in [5, 5.41) is 8.94. The molecular formula is C42H74O4. The minimum atomic E-state index is -0.749. The maximum atomic E-state index is 12.5. The average Bonchev–Trinajstić information content (AvgIpc) is 3.04. The van der Waals surface area contributed by atoms with Crippen LogP contribution in [0.5, 0.6) is 0 Å². The Hall–Kier alpha value is -2.10. The molecule has 0 rings (SSSR count). The standard InChI is InChI=1S/C42H74O4/c1-3-5-7-9-11-13-15-17-18-19-20-21-22-23-25-27-29-31-33-39-42(45)46-40(37-34-35-38-41(43)44)36-32-30-28-26-24-16-14-12-10-8-6-4-2/h11,13,17-18,20-21,23,25,40H,3-10,12,14-16,19,22,24,26-39H2,1-2H3,(H,43,44)/b13-11-,18-17-,21-20-,25-23-. The van der Waals surface area contributed by atoms with Gasteiger partial charge in [0, 0.05) is 12.8 Å². The van der Waals surface area contributed by atoms with Gasteiger partial charge in [-0.15, -0.1) is 0 Å². The molecule has 0 aromatic carbocycles. The van der Waals surface area contributed by atoms with Crippen molar-refractivity contribution in [2.45, 2.75) is 206 Å². The molecule has 0 aliphatic carbocycles. The van der Waals surface area contributed by atoms with E-state index in [1.165, 1.54) is 96.3 Å². The van der Waals surface area contributed by atoms with E-state index in [0.29, 0.717) is 12.8 Å². The molecule has 0 aromatic heterocycles. The van der Waals surface area contributed by atoms with Crippen molar-refractivity contribution in [1.29, 1.82) is 0 Å². The topological polar surface area (TPSA) is 63.6 Å². The van der Waals surface area contributed by atoms with Gasteiger partial charge in [0.1, 0.15) is 6.10 Å². The van der Waals surface area contributed by atoms with E-state index in [4.69, 9.17) is 9.84 Å². The number of esters is 1. The Labute approximate surface area is 285 Å². The third-order valence-electron chi connectivity index (χ3n) is 8.55. The largest absolute Gasteiger partial charge is 0.481 e. The number of hydrogen-bond acceptors (Lipinski definition) is 3. The summed E-state index contributed by atoms with van der Waals surface area (Å²) in [5.41, 5.74) is 0. The van der Waals surface area contributed by atoms with Crippen molar-refractivity contribution >= 4 is 11.9 Å². The maximum absolute atomic E-state index is 12.5. The fraction of sp³-hybridized carbons (Fsp3) is 0.762. The van der Waals surface area contributed by atoms with Gasteiger partial charge in [-0.25, -0.2) is 0 Å². The lowest BCUT2D eigenvalue weighted by Gasteiger charge is -2.18. The molecule has 46 heavy (non-hydrogen) atoms. The van der Waals surface area contributed by atoms with Gasteiger partial charge in [-0.05, 0) is 83.5 Å². The summed E-state index contributed by atoms with van der Waals surface area (Å²) in [7, 11) is 0. The molecule has 4 heteroatoms. The van der Waals surface area contributed by atoms with Crippen LogP contribution in [0, 0.1) is 0 Å². The van der Waals surface area contributed by atoms with Crippen LogP contribution < -0.4 is 0 Å². The number of carbonyl (C=O) groups is 2. The Balaban J connectivity index is 3.96. The first-order chi connectivity index (χ1) is 22.6. The number of hydrogen-bond donors (Lipinski definition) is 1. The molecule has 0 saturated carbocycles. The minimum absolute atomic E-state index is 0.0620. The SMILES string of the molecule is CCCCC/C=C\C/C=C\C/C=C\C/C=C\CCCCCC(=O)OC(CCCCCCCCCCCCCC)CCCCC(=O)O. The molecule has 0 fully saturated rings. The van der Waals surface area contributed by atoms with Crippen LogP contribution in [0.1, 0.15) is 200 Å². The summed E-state index contributed by atoms with van der Waals surface area (Å²) in [6, 6.07) is 0. The Morgan fingerprint density at radius 3 is 1.35 bits per heavy atom. The van der Waals surface area contributed by atoms with Gasteiger partial charge in [0.2, 0.25) is 0 Å². The van der Waals surface area contributed by atoms with Gasteiger partial charge in [0.25, 0.3) is 0 Å². The van der Waals surface area contributed by atoms with Crippen LogP contribution in [0.25, 0.3) is 0 Å². The molecule has 266 valence electrons. The van der Waals surface area contributed by atoms with Crippen LogP contribution in [0.4, 0.5) is 0 Å². The highest BCUT2D eigenvalue weighted by Crippen LogP contribution is 2.18. The molecule has 0 radical (unpaired) electrons. The lowest BCUT2D eigenvalue weighted by atomic mass is 10.0. The summed E-state index contributed by atoms with van der Waals surface area (Å²) in [4.78, 5) is 23.4. The fourth-order valence-electron chi connectivity index (χ4n) is 5.64. The van der Waals surface area contributed by atoms with Crippen LogP contribution in [0.3, 0.4) is 0 Å². The Bertz CT molecular complexity index is 779. The lowest BCUT2D eigenvalue weighted by Crippen LogP contribution is -2.18. The molecule has 0 bridgehead atoms. The molecule has 0 amide bonds. The second-order valence-corrected chi connectivity index (χ2v) is 13.1. The Kier molecular flexibility index (Phi) is 35.7. The van der Waals surface area contributed by atoms with Crippen LogP contribution in [0.2, 0.25) is 0 Å². The maximum Gasteiger partial charge on any atom is 0.306 e. The van der Waals surface area contributed by atoms with E-state index in [0.717, 1.165) is 70.6 Å². The van der Waals surface area contributed by atoms with Gasteiger partial charge in [-0.2, -0.15) is 0 Å². The van der Waals surface area contributed by atoms with Crippen molar-refractivity contribution in [3.63, 3.8) is 0 Å². The zero-order valence-electron chi connectivity index (χ0n) is 30.4. The normalized spacial score (nSPS) is 12.7. The highest BCUT2D eigenvalue weighted by atomic mass is 16.5. The zero-order valence-corrected chi connectivity index (χ0v) is 30.4. The van der Waals surface area contributed by atoms with Crippen molar-refractivity contribution < 1.29 is 19.4 Å². The van der Waals surface area contributed by atoms with Crippen LogP contribution in [-0.2, 0) is 14.3 Å². The van der Waals surface area contributed by atoms with E-state index in [1.807, 2.05) is 0 Å². The van der Waals surface area contributed by atoms with E-state index in [9.17, 15) is 9.59 Å². The molecule has 0 aromatic rings. The molecule has 1 atom stereocenters. The fourth-order valence-corrected chi connectivity index (χ4v) is 5.64. The quantitative estimate of drug-likeness (QED) is 0.0424. The van der Waals surface area contributed by atoms with E-state index in [1.54, 1.807) is 0 Å². The van der Waals surface area contributed by atoms with Crippen LogP contribution in [0.15, 0.2) is 48.6 Å². The van der Waals surface area contributed by atoms with Gasteiger partial charge >= 0.3 is 11.9 Å². The highest BCUT2D eigenvalue weighted by Gasteiger charge is 2.14.